The molecule has 2 heterocycles. The van der Waals surface area contributed by atoms with Gasteiger partial charge in [0, 0.05) is 23.6 Å². The monoisotopic (exact) mass is 442 g/mol. The average molecular weight is 443 g/mol. The molecular formula is C27H26N2O4. The molecule has 1 aliphatic heterocycles. The zero-order chi connectivity index (χ0) is 23.5. The fourth-order valence-electron chi connectivity index (χ4n) is 4.11. The molecule has 1 unspecified atom stereocenters. The number of nitrogens with zero attached hydrogens (tertiary/aromatic N) is 2. The van der Waals surface area contributed by atoms with Crippen LogP contribution >= 0.6 is 0 Å². The lowest BCUT2D eigenvalue weighted by Crippen LogP contribution is -2.29. The third-order valence-corrected chi connectivity index (χ3v) is 5.82. The van der Waals surface area contributed by atoms with Crippen LogP contribution in [0.5, 0.6) is 5.75 Å². The molecule has 0 bridgehead atoms. The number of aromatic nitrogens is 1. The number of aliphatic hydroxyl groups is 1. The van der Waals surface area contributed by atoms with E-state index in [-0.39, 0.29) is 11.3 Å². The number of hydrogen-bond donors (Lipinski definition) is 1. The summed E-state index contributed by atoms with van der Waals surface area (Å²) in [5.74, 6) is -0.930. The first-order valence-electron chi connectivity index (χ1n) is 11.0. The molecule has 1 N–H and O–H groups in total. The molecule has 1 fully saturated rings. The van der Waals surface area contributed by atoms with Gasteiger partial charge in [-0.3, -0.25) is 19.5 Å². The minimum absolute atomic E-state index is 0.0381. The summed E-state index contributed by atoms with van der Waals surface area (Å²) in [6, 6.07) is 15.5. The summed E-state index contributed by atoms with van der Waals surface area (Å²) in [5, 5.41) is 11.3. The van der Waals surface area contributed by atoms with Crippen LogP contribution in [0.25, 0.3) is 5.76 Å². The highest BCUT2D eigenvalue weighted by Crippen LogP contribution is 2.42. The van der Waals surface area contributed by atoms with Crippen LogP contribution in [0, 0.1) is 6.92 Å². The molecule has 2 aromatic carbocycles. The van der Waals surface area contributed by atoms with Gasteiger partial charge in [0.15, 0.2) is 0 Å². The van der Waals surface area contributed by atoms with Crippen molar-refractivity contribution in [1.29, 1.82) is 0 Å². The zero-order valence-electron chi connectivity index (χ0n) is 18.9. The van der Waals surface area contributed by atoms with Gasteiger partial charge < -0.3 is 9.84 Å². The number of carbonyl (C=O) groups is 2. The molecule has 0 spiro atoms. The number of amides is 1. The van der Waals surface area contributed by atoms with Crippen molar-refractivity contribution in [1.82, 2.24) is 4.98 Å². The summed E-state index contributed by atoms with van der Waals surface area (Å²) in [6.07, 6.45) is 4.10. The van der Waals surface area contributed by atoms with E-state index in [1.165, 1.54) is 4.90 Å². The SMILES string of the molecule is CCOc1ccc(/C(O)=C2/C(=O)C(=O)N(c3ccc(CC)cc3)C2c2cccnc2)cc1C. The van der Waals surface area contributed by atoms with Gasteiger partial charge in [0.2, 0.25) is 0 Å². The lowest BCUT2D eigenvalue weighted by Gasteiger charge is -2.25. The molecule has 0 saturated carbocycles. The predicted molar refractivity (Wildman–Crippen MR) is 127 cm³/mol. The lowest BCUT2D eigenvalue weighted by atomic mass is 9.95. The van der Waals surface area contributed by atoms with Crippen molar-refractivity contribution >= 4 is 23.1 Å². The molecule has 6 heteroatoms. The van der Waals surface area contributed by atoms with Crippen molar-refractivity contribution < 1.29 is 19.4 Å². The predicted octanol–water partition coefficient (Wildman–Crippen LogP) is 4.98. The molecule has 1 amide bonds. The number of aliphatic hydroxyl groups excluding tert-OH is 1. The molecule has 1 aliphatic rings. The molecule has 6 nitrogen and oxygen atoms in total. The van der Waals surface area contributed by atoms with E-state index in [9.17, 15) is 14.7 Å². The summed E-state index contributed by atoms with van der Waals surface area (Å²) in [5.41, 5.74) is 3.66. The van der Waals surface area contributed by atoms with E-state index >= 15 is 0 Å². The van der Waals surface area contributed by atoms with Crippen molar-refractivity contribution in [2.75, 3.05) is 11.5 Å². The van der Waals surface area contributed by atoms with Crippen molar-refractivity contribution in [3.8, 4) is 5.75 Å². The highest BCUT2D eigenvalue weighted by molar-refractivity contribution is 6.51. The minimum atomic E-state index is -0.793. The smallest absolute Gasteiger partial charge is 0.300 e. The van der Waals surface area contributed by atoms with Crippen molar-refractivity contribution in [3.05, 3.63) is 94.8 Å². The number of pyridine rings is 1. The zero-order valence-corrected chi connectivity index (χ0v) is 18.9. The first-order chi connectivity index (χ1) is 16.0. The Morgan fingerprint density at radius 1 is 1.09 bits per heavy atom. The van der Waals surface area contributed by atoms with Gasteiger partial charge in [-0.25, -0.2) is 0 Å². The third kappa shape index (κ3) is 4.12. The first-order valence-corrected chi connectivity index (χ1v) is 11.0. The normalized spacial score (nSPS) is 17.4. The van der Waals surface area contributed by atoms with Gasteiger partial charge in [-0.2, -0.15) is 0 Å². The van der Waals surface area contributed by atoms with Crippen molar-refractivity contribution in [2.24, 2.45) is 0 Å². The van der Waals surface area contributed by atoms with Crippen LogP contribution in [-0.4, -0.2) is 28.4 Å². The van der Waals surface area contributed by atoms with Crippen LogP contribution in [-0.2, 0) is 16.0 Å². The van der Waals surface area contributed by atoms with Crippen molar-refractivity contribution in [2.45, 2.75) is 33.2 Å². The largest absolute Gasteiger partial charge is 0.507 e. The Labute approximate surface area is 193 Å². The van der Waals surface area contributed by atoms with E-state index in [1.807, 2.05) is 38.1 Å². The van der Waals surface area contributed by atoms with E-state index in [0.29, 0.717) is 29.2 Å². The molecule has 1 saturated heterocycles. The molecule has 33 heavy (non-hydrogen) atoms. The van der Waals surface area contributed by atoms with Gasteiger partial charge in [-0.15, -0.1) is 0 Å². The van der Waals surface area contributed by atoms with E-state index in [4.69, 9.17) is 4.74 Å². The Morgan fingerprint density at radius 3 is 2.45 bits per heavy atom. The van der Waals surface area contributed by atoms with Crippen LogP contribution in [0.1, 0.15) is 42.1 Å². The fraction of sp³-hybridized carbons (Fsp3) is 0.222. The summed E-state index contributed by atoms with van der Waals surface area (Å²) in [4.78, 5) is 32.0. The number of ether oxygens (including phenoxy) is 1. The first kappa shape index (κ1) is 22.3. The number of aryl methyl sites for hydroxylation is 2. The quantitative estimate of drug-likeness (QED) is 0.331. The Hall–Kier alpha value is -3.93. The molecule has 0 aliphatic carbocycles. The second-order valence-electron chi connectivity index (χ2n) is 7.89. The molecule has 1 atom stereocenters. The van der Waals surface area contributed by atoms with Crippen LogP contribution in [0.2, 0.25) is 0 Å². The molecule has 1 aromatic heterocycles. The number of Topliss-reactive ketones (excluding diaryl/α,β-unsaturated/α-hetero) is 1. The third-order valence-electron chi connectivity index (χ3n) is 5.82. The van der Waals surface area contributed by atoms with Gasteiger partial charge in [0.1, 0.15) is 11.5 Å². The summed E-state index contributed by atoms with van der Waals surface area (Å²) < 4.78 is 5.58. The molecule has 3 aromatic rings. The molecule has 0 radical (unpaired) electrons. The molecule has 4 rings (SSSR count). The van der Waals surface area contributed by atoms with E-state index < -0.39 is 17.7 Å². The summed E-state index contributed by atoms with van der Waals surface area (Å²) in [6.45, 7) is 6.34. The van der Waals surface area contributed by atoms with Gasteiger partial charge in [-0.05, 0) is 73.4 Å². The van der Waals surface area contributed by atoms with E-state index in [0.717, 1.165) is 17.5 Å². The minimum Gasteiger partial charge on any atom is -0.507 e. The number of ketones is 1. The second kappa shape index (κ2) is 9.28. The Morgan fingerprint density at radius 2 is 1.85 bits per heavy atom. The number of benzene rings is 2. The van der Waals surface area contributed by atoms with Crippen LogP contribution < -0.4 is 9.64 Å². The van der Waals surface area contributed by atoms with Crippen molar-refractivity contribution in [3.63, 3.8) is 0 Å². The van der Waals surface area contributed by atoms with Gasteiger partial charge in [0.05, 0.1) is 18.2 Å². The van der Waals surface area contributed by atoms with E-state index in [1.54, 1.807) is 42.7 Å². The molecular weight excluding hydrogens is 416 g/mol. The molecule has 168 valence electrons. The summed E-state index contributed by atoms with van der Waals surface area (Å²) in [7, 11) is 0. The standard InChI is InChI=1S/C27H26N2O4/c1-4-18-8-11-21(12-9-18)29-24(20-7-6-14-28-16-20)23(26(31)27(29)32)25(30)19-10-13-22(33-5-2)17(3)15-19/h6-16,24,30H,4-5H2,1-3H3/b25-23-. The maximum atomic E-state index is 13.2. The topological polar surface area (TPSA) is 79.7 Å². The Balaban J connectivity index is 1.88. The van der Waals surface area contributed by atoms with E-state index in [2.05, 4.69) is 11.9 Å². The second-order valence-corrected chi connectivity index (χ2v) is 7.89. The highest BCUT2D eigenvalue weighted by atomic mass is 16.5. The van der Waals surface area contributed by atoms with Gasteiger partial charge in [-0.1, -0.05) is 25.1 Å². The average Bonchev–Trinajstić information content (AvgIpc) is 3.11. The number of rotatable bonds is 6. The summed E-state index contributed by atoms with van der Waals surface area (Å²) >= 11 is 0. The highest BCUT2D eigenvalue weighted by Gasteiger charge is 2.47. The number of carbonyl (C=O) groups excluding carboxylic acids is 2. The number of hydrogen-bond acceptors (Lipinski definition) is 5. The Bertz CT molecular complexity index is 1220. The lowest BCUT2D eigenvalue weighted by molar-refractivity contribution is -0.132. The van der Waals surface area contributed by atoms with Gasteiger partial charge >= 0.3 is 0 Å². The number of anilines is 1. The maximum Gasteiger partial charge on any atom is 0.300 e. The maximum absolute atomic E-state index is 13.2. The van der Waals surface area contributed by atoms with Crippen LogP contribution in [0.3, 0.4) is 0 Å². The van der Waals surface area contributed by atoms with Gasteiger partial charge in [0.25, 0.3) is 11.7 Å². The van der Waals surface area contributed by atoms with Crippen LogP contribution in [0.4, 0.5) is 5.69 Å². The fourth-order valence-corrected chi connectivity index (χ4v) is 4.11. The van der Waals surface area contributed by atoms with Crippen LogP contribution in [0.15, 0.2) is 72.6 Å². The Kier molecular flexibility index (Phi) is 6.27.